The summed E-state index contributed by atoms with van der Waals surface area (Å²) >= 11 is 0. The summed E-state index contributed by atoms with van der Waals surface area (Å²) in [5.41, 5.74) is 6.70. The van der Waals surface area contributed by atoms with Gasteiger partial charge in [0.2, 0.25) is 5.71 Å². The number of benzene rings is 1. The van der Waals surface area contributed by atoms with Gasteiger partial charge < -0.3 is 10.2 Å². The van der Waals surface area contributed by atoms with Crippen molar-refractivity contribution >= 4 is 22.3 Å². The molecule has 3 aromatic rings. The molecule has 0 saturated heterocycles. The summed E-state index contributed by atoms with van der Waals surface area (Å²) in [7, 11) is 0. The van der Waals surface area contributed by atoms with Gasteiger partial charge in [-0.3, -0.25) is 4.40 Å². The Balaban J connectivity index is 2.60. The summed E-state index contributed by atoms with van der Waals surface area (Å²) < 4.78 is 7.48. The van der Waals surface area contributed by atoms with E-state index in [1.807, 2.05) is 41.8 Å². The van der Waals surface area contributed by atoms with Crippen molar-refractivity contribution in [3.05, 3.63) is 36.2 Å². The van der Waals surface area contributed by atoms with Crippen LogP contribution in [0.15, 0.2) is 34.9 Å². The molecule has 2 aromatic heterocycles. The molecule has 0 amide bonds. The van der Waals surface area contributed by atoms with Crippen molar-refractivity contribution in [2.24, 2.45) is 0 Å². The molecular formula is C11H10N2O. The summed E-state index contributed by atoms with van der Waals surface area (Å²) in [4.78, 5) is 0. The quantitative estimate of drug-likeness (QED) is 0.586. The van der Waals surface area contributed by atoms with Crippen LogP contribution in [0.2, 0.25) is 0 Å². The second kappa shape index (κ2) is 2.32. The summed E-state index contributed by atoms with van der Waals surface area (Å²) in [6.07, 6.45) is 2.00. The molecule has 0 aliphatic heterocycles. The number of aryl methyl sites for hydroxylation is 1. The summed E-state index contributed by atoms with van der Waals surface area (Å²) in [5, 5.41) is 2.25. The lowest BCUT2D eigenvalue weighted by Crippen LogP contribution is -1.90. The number of nitrogens with zero attached hydrogens (tertiary/aromatic N) is 1. The Morgan fingerprint density at radius 3 is 2.93 bits per heavy atom. The number of fused-ring (bicyclic) bond motifs is 3. The third kappa shape index (κ3) is 0.763. The van der Waals surface area contributed by atoms with Crippen molar-refractivity contribution in [2.75, 3.05) is 5.73 Å². The molecule has 0 saturated carbocycles. The summed E-state index contributed by atoms with van der Waals surface area (Å²) in [6, 6.07) is 8.08. The van der Waals surface area contributed by atoms with E-state index in [1.165, 1.54) is 0 Å². The van der Waals surface area contributed by atoms with Crippen molar-refractivity contribution in [1.29, 1.82) is 0 Å². The van der Waals surface area contributed by atoms with E-state index in [0.29, 0.717) is 5.82 Å². The van der Waals surface area contributed by atoms with E-state index >= 15 is 0 Å². The van der Waals surface area contributed by atoms with Crippen molar-refractivity contribution in [3.8, 4) is 0 Å². The van der Waals surface area contributed by atoms with Gasteiger partial charge in [0.1, 0.15) is 11.6 Å². The maximum atomic E-state index is 5.87. The van der Waals surface area contributed by atoms with Gasteiger partial charge in [0.25, 0.3) is 0 Å². The molecule has 3 rings (SSSR count). The zero-order chi connectivity index (χ0) is 9.71. The Labute approximate surface area is 80.7 Å². The summed E-state index contributed by atoms with van der Waals surface area (Å²) in [5.74, 6) is 1.45. The molecule has 0 fully saturated rings. The van der Waals surface area contributed by atoms with E-state index in [4.69, 9.17) is 10.2 Å². The van der Waals surface area contributed by atoms with E-state index in [2.05, 4.69) is 0 Å². The van der Waals surface area contributed by atoms with E-state index < -0.39 is 0 Å². The highest BCUT2D eigenvalue weighted by molar-refractivity contribution is 5.95. The minimum Gasteiger partial charge on any atom is -0.441 e. The van der Waals surface area contributed by atoms with Crippen molar-refractivity contribution in [1.82, 2.24) is 4.40 Å². The van der Waals surface area contributed by atoms with Crippen LogP contribution in [0.5, 0.6) is 0 Å². The lowest BCUT2D eigenvalue weighted by atomic mass is 10.2. The molecule has 0 aliphatic rings. The van der Waals surface area contributed by atoms with Gasteiger partial charge in [0.05, 0.1) is 0 Å². The minimum absolute atomic E-state index is 0.677. The Bertz CT molecular complexity index is 619. The number of anilines is 1. The van der Waals surface area contributed by atoms with Crippen LogP contribution < -0.4 is 5.73 Å². The maximum Gasteiger partial charge on any atom is 0.213 e. The lowest BCUT2D eigenvalue weighted by Gasteiger charge is -1.87. The van der Waals surface area contributed by atoms with Crippen molar-refractivity contribution in [3.63, 3.8) is 0 Å². The Morgan fingerprint density at radius 2 is 2.07 bits per heavy atom. The molecule has 14 heavy (non-hydrogen) atoms. The van der Waals surface area contributed by atoms with Gasteiger partial charge in [-0.2, -0.15) is 0 Å². The number of nitrogen functional groups attached to an aromatic ring is 1. The van der Waals surface area contributed by atoms with Crippen LogP contribution in [0.4, 0.5) is 5.82 Å². The fourth-order valence-electron chi connectivity index (χ4n) is 1.78. The highest BCUT2D eigenvalue weighted by atomic mass is 16.4. The van der Waals surface area contributed by atoms with Gasteiger partial charge in [0.15, 0.2) is 0 Å². The number of oxazole rings is 1. The first kappa shape index (κ1) is 7.50. The molecule has 0 radical (unpaired) electrons. The molecule has 0 atom stereocenters. The fourth-order valence-corrected chi connectivity index (χ4v) is 1.78. The summed E-state index contributed by atoms with van der Waals surface area (Å²) in [6.45, 7) is 1.87. The molecule has 0 spiro atoms. The van der Waals surface area contributed by atoms with E-state index in [0.717, 1.165) is 22.2 Å². The Morgan fingerprint density at radius 1 is 1.29 bits per heavy atom. The SMILES string of the molecule is Cc1oc2c3ccccc3cn2c1N. The number of aromatic nitrogens is 1. The van der Waals surface area contributed by atoms with Crippen LogP contribution in [-0.2, 0) is 0 Å². The average Bonchev–Trinajstić information content (AvgIpc) is 2.67. The maximum absolute atomic E-state index is 5.87. The van der Waals surface area contributed by atoms with Gasteiger partial charge >= 0.3 is 0 Å². The van der Waals surface area contributed by atoms with Gasteiger partial charge in [-0.25, -0.2) is 0 Å². The zero-order valence-corrected chi connectivity index (χ0v) is 7.82. The molecule has 2 N–H and O–H groups in total. The lowest BCUT2D eigenvalue weighted by molar-refractivity contribution is 0.577. The van der Waals surface area contributed by atoms with Crippen LogP contribution in [0, 0.1) is 6.92 Å². The first-order chi connectivity index (χ1) is 6.77. The topological polar surface area (TPSA) is 43.6 Å². The van der Waals surface area contributed by atoms with Crippen molar-refractivity contribution in [2.45, 2.75) is 6.92 Å². The van der Waals surface area contributed by atoms with E-state index in [1.54, 1.807) is 0 Å². The molecule has 2 heterocycles. The van der Waals surface area contributed by atoms with Crippen LogP contribution in [-0.4, -0.2) is 4.40 Å². The first-order valence-electron chi connectivity index (χ1n) is 4.52. The third-order valence-corrected chi connectivity index (χ3v) is 2.55. The van der Waals surface area contributed by atoms with Gasteiger partial charge in [-0.15, -0.1) is 0 Å². The first-order valence-corrected chi connectivity index (χ1v) is 4.52. The van der Waals surface area contributed by atoms with Crippen LogP contribution in [0.3, 0.4) is 0 Å². The second-order valence-corrected chi connectivity index (χ2v) is 3.43. The highest BCUT2D eigenvalue weighted by Crippen LogP contribution is 2.27. The smallest absolute Gasteiger partial charge is 0.213 e. The predicted molar refractivity (Wildman–Crippen MR) is 56.3 cm³/mol. The van der Waals surface area contributed by atoms with Crippen LogP contribution >= 0.6 is 0 Å². The van der Waals surface area contributed by atoms with Crippen molar-refractivity contribution < 1.29 is 4.42 Å². The zero-order valence-electron chi connectivity index (χ0n) is 7.82. The van der Waals surface area contributed by atoms with Gasteiger partial charge in [-0.1, -0.05) is 18.2 Å². The largest absolute Gasteiger partial charge is 0.441 e. The molecule has 3 heteroatoms. The van der Waals surface area contributed by atoms with E-state index in [-0.39, 0.29) is 0 Å². The van der Waals surface area contributed by atoms with Gasteiger partial charge in [-0.05, 0) is 13.0 Å². The normalized spacial score (nSPS) is 11.5. The van der Waals surface area contributed by atoms with E-state index in [9.17, 15) is 0 Å². The van der Waals surface area contributed by atoms with Crippen LogP contribution in [0.25, 0.3) is 16.5 Å². The highest BCUT2D eigenvalue weighted by Gasteiger charge is 2.10. The predicted octanol–water partition coefficient (Wildman–Crippen LogP) is 2.58. The number of hydrogen-bond donors (Lipinski definition) is 1. The number of nitrogens with two attached hydrogens (primary N) is 1. The molecule has 0 bridgehead atoms. The number of rotatable bonds is 0. The minimum atomic E-state index is 0.677. The second-order valence-electron chi connectivity index (χ2n) is 3.43. The molecular weight excluding hydrogens is 176 g/mol. The monoisotopic (exact) mass is 186 g/mol. The average molecular weight is 186 g/mol. The molecule has 1 aromatic carbocycles. The Hall–Kier alpha value is -1.90. The Kier molecular flexibility index (Phi) is 1.24. The number of hydrogen-bond acceptors (Lipinski definition) is 2. The fraction of sp³-hybridized carbons (Fsp3) is 0.0909. The standard InChI is InChI=1S/C11H10N2O/c1-7-10(12)13-6-8-4-2-3-5-9(8)11(13)14-7/h2-6H,12H2,1H3. The van der Waals surface area contributed by atoms with Gasteiger partial charge in [0, 0.05) is 17.0 Å². The molecule has 70 valence electrons. The van der Waals surface area contributed by atoms with Crippen LogP contribution in [0.1, 0.15) is 5.76 Å². The third-order valence-electron chi connectivity index (χ3n) is 2.55. The molecule has 0 unspecified atom stereocenters. The molecule has 0 aliphatic carbocycles. The molecule has 3 nitrogen and oxygen atoms in total.